The van der Waals surface area contributed by atoms with Crippen LogP contribution in [0.5, 0.6) is 0 Å². The Balaban J connectivity index is 1.49. The van der Waals surface area contributed by atoms with Gasteiger partial charge < -0.3 is 18.7 Å². The highest BCUT2D eigenvalue weighted by Crippen LogP contribution is 2.17. The van der Waals surface area contributed by atoms with Gasteiger partial charge in [-0.1, -0.05) is 121 Å². The zero-order valence-corrected chi connectivity index (χ0v) is 27.4. The van der Waals surface area contributed by atoms with Crippen molar-refractivity contribution in [2.24, 2.45) is 0 Å². The molecule has 1 saturated heterocycles. The predicted molar refractivity (Wildman–Crippen MR) is 175 cm³/mol. The summed E-state index contributed by atoms with van der Waals surface area (Å²) in [7, 11) is 2.45. The summed E-state index contributed by atoms with van der Waals surface area (Å²) in [6.45, 7) is 9.82. The minimum Gasteiger partial charge on any atom is -0.379 e. The molecule has 0 amide bonds. The van der Waals surface area contributed by atoms with Gasteiger partial charge in [0.15, 0.2) is 0 Å². The Bertz CT molecular complexity index is 674. The van der Waals surface area contributed by atoms with Crippen LogP contribution in [0.1, 0.15) is 141 Å². The summed E-state index contributed by atoms with van der Waals surface area (Å²) in [5.74, 6) is 0. The molecule has 4 heteroatoms. The Hall–Kier alpha value is -0.940. The quantitative estimate of drug-likeness (QED) is 0.0773. The van der Waals surface area contributed by atoms with Crippen molar-refractivity contribution < 1.29 is 18.7 Å². The molecule has 1 aliphatic rings. The monoisotopic (exact) mass is 575 g/mol. The fraction of sp³-hybridized carbons (Fsp3) is 0.838. The smallest absolute Gasteiger partial charge is 0.105 e. The van der Waals surface area contributed by atoms with Crippen molar-refractivity contribution in [3.05, 3.63) is 35.9 Å². The summed E-state index contributed by atoms with van der Waals surface area (Å²) in [5.41, 5.74) is 1.21. The van der Waals surface area contributed by atoms with Crippen molar-refractivity contribution in [3.8, 4) is 0 Å². The first-order chi connectivity index (χ1) is 20.2. The molecule has 0 saturated carbocycles. The Morgan fingerprint density at radius 2 is 1.10 bits per heavy atom. The van der Waals surface area contributed by atoms with Crippen LogP contribution in [-0.4, -0.2) is 63.7 Å². The molecule has 0 spiro atoms. The van der Waals surface area contributed by atoms with E-state index in [9.17, 15) is 0 Å². The van der Waals surface area contributed by atoms with E-state index in [2.05, 4.69) is 44.3 Å². The van der Waals surface area contributed by atoms with Gasteiger partial charge in [0.1, 0.15) is 6.10 Å². The fourth-order valence-corrected chi connectivity index (χ4v) is 6.13. The van der Waals surface area contributed by atoms with E-state index >= 15 is 0 Å². The lowest BCUT2D eigenvalue weighted by Gasteiger charge is -2.33. The molecule has 4 nitrogen and oxygen atoms in total. The zero-order valence-electron chi connectivity index (χ0n) is 27.4. The van der Waals surface area contributed by atoms with Crippen LogP contribution in [0.25, 0.3) is 0 Å². The van der Waals surface area contributed by atoms with Gasteiger partial charge in [-0.05, 0) is 50.5 Å². The molecule has 1 heterocycles. The van der Waals surface area contributed by atoms with Gasteiger partial charge in [-0.3, -0.25) is 0 Å². The van der Waals surface area contributed by atoms with Crippen LogP contribution in [0.3, 0.4) is 0 Å². The average Bonchev–Trinajstić information content (AvgIpc) is 3.21. The number of benzene rings is 1. The highest BCUT2D eigenvalue weighted by molar-refractivity contribution is 5.13. The normalized spacial score (nSPS) is 16.0. The molecule has 1 aromatic rings. The van der Waals surface area contributed by atoms with Crippen LogP contribution in [0, 0.1) is 0 Å². The largest absolute Gasteiger partial charge is 0.379 e. The van der Waals surface area contributed by atoms with E-state index in [-0.39, 0.29) is 6.10 Å². The van der Waals surface area contributed by atoms with Crippen molar-refractivity contribution in [2.75, 3.05) is 53.1 Å². The number of quaternary nitrogens is 1. The maximum Gasteiger partial charge on any atom is 0.105 e. The summed E-state index contributed by atoms with van der Waals surface area (Å²) in [6, 6.07) is 10.4. The van der Waals surface area contributed by atoms with E-state index in [1.807, 2.05) is 0 Å². The molecule has 0 N–H and O–H groups in total. The SMILES string of the molecule is CCCCCCCCCCCCCCCCOCC(COCCCC[N+]1(C)CCCCCC1)OCc1ccccc1. The standard InChI is InChI=1S/C37H68NO3/c1-3-4-5-6-7-8-9-10-11-12-13-14-17-24-31-39-34-37(41-33-36-26-19-18-20-27-36)35-40-32-25-23-30-38(2)28-21-15-16-22-29-38/h18-20,26-27,37H,3-17,21-25,28-35H2,1-2H3/q+1. The van der Waals surface area contributed by atoms with Crippen LogP contribution >= 0.6 is 0 Å². The third-order valence-corrected chi connectivity index (χ3v) is 8.96. The van der Waals surface area contributed by atoms with Crippen LogP contribution in [0.2, 0.25) is 0 Å². The summed E-state index contributed by atoms with van der Waals surface area (Å²) < 4.78 is 19.7. The number of rotatable bonds is 27. The minimum absolute atomic E-state index is 0.00277. The maximum atomic E-state index is 6.23. The lowest BCUT2D eigenvalue weighted by atomic mass is 10.0. The highest BCUT2D eigenvalue weighted by atomic mass is 16.6. The van der Waals surface area contributed by atoms with E-state index in [1.165, 1.54) is 145 Å². The van der Waals surface area contributed by atoms with E-state index in [1.54, 1.807) is 0 Å². The molecular weight excluding hydrogens is 506 g/mol. The number of nitrogens with zero attached hydrogens (tertiary/aromatic N) is 1. The number of hydrogen-bond acceptors (Lipinski definition) is 3. The number of hydrogen-bond donors (Lipinski definition) is 0. The number of likely N-dealkylation sites (tertiary alicyclic amines) is 1. The maximum absolute atomic E-state index is 6.23. The van der Waals surface area contributed by atoms with Crippen LogP contribution in [0.4, 0.5) is 0 Å². The minimum atomic E-state index is -0.00277. The zero-order chi connectivity index (χ0) is 29.1. The highest BCUT2D eigenvalue weighted by Gasteiger charge is 2.22. The molecule has 41 heavy (non-hydrogen) atoms. The van der Waals surface area contributed by atoms with Crippen LogP contribution in [-0.2, 0) is 20.8 Å². The molecule has 1 unspecified atom stereocenters. The molecular formula is C37H68NO3+. The molecule has 0 aliphatic carbocycles. The Morgan fingerprint density at radius 1 is 0.610 bits per heavy atom. The second-order valence-corrected chi connectivity index (χ2v) is 13.1. The summed E-state index contributed by atoms with van der Waals surface area (Å²) >= 11 is 0. The lowest BCUT2D eigenvalue weighted by molar-refractivity contribution is -0.909. The van der Waals surface area contributed by atoms with Gasteiger partial charge in [-0.25, -0.2) is 0 Å². The molecule has 0 aromatic heterocycles. The van der Waals surface area contributed by atoms with Crippen molar-refractivity contribution >= 4 is 0 Å². The fourth-order valence-electron chi connectivity index (χ4n) is 6.13. The van der Waals surface area contributed by atoms with Gasteiger partial charge in [-0.2, -0.15) is 0 Å². The molecule has 2 rings (SSSR count). The number of ether oxygens (including phenoxy) is 3. The molecule has 0 radical (unpaired) electrons. The van der Waals surface area contributed by atoms with Gasteiger partial charge >= 0.3 is 0 Å². The number of unbranched alkanes of at least 4 members (excludes halogenated alkanes) is 14. The van der Waals surface area contributed by atoms with Crippen molar-refractivity contribution in [3.63, 3.8) is 0 Å². The Morgan fingerprint density at radius 3 is 1.63 bits per heavy atom. The second kappa shape index (κ2) is 25.5. The first-order valence-corrected chi connectivity index (χ1v) is 17.9. The summed E-state index contributed by atoms with van der Waals surface area (Å²) in [5, 5.41) is 0. The van der Waals surface area contributed by atoms with Gasteiger partial charge in [0.05, 0.1) is 46.5 Å². The van der Waals surface area contributed by atoms with Crippen LogP contribution in [0.15, 0.2) is 30.3 Å². The van der Waals surface area contributed by atoms with E-state index < -0.39 is 0 Å². The molecule has 238 valence electrons. The van der Waals surface area contributed by atoms with Gasteiger partial charge in [0.2, 0.25) is 0 Å². The lowest BCUT2D eigenvalue weighted by Crippen LogP contribution is -2.45. The van der Waals surface area contributed by atoms with E-state index in [4.69, 9.17) is 14.2 Å². The van der Waals surface area contributed by atoms with Crippen molar-refractivity contribution in [1.29, 1.82) is 0 Å². The molecule has 1 aliphatic heterocycles. The third-order valence-electron chi connectivity index (χ3n) is 8.96. The Kier molecular flexibility index (Phi) is 22.6. The topological polar surface area (TPSA) is 27.7 Å². The molecule has 1 atom stereocenters. The first-order valence-electron chi connectivity index (χ1n) is 17.9. The summed E-state index contributed by atoms with van der Waals surface area (Å²) in [4.78, 5) is 0. The predicted octanol–water partition coefficient (Wildman–Crippen LogP) is 9.89. The first kappa shape index (κ1) is 36.3. The van der Waals surface area contributed by atoms with E-state index in [0.29, 0.717) is 19.8 Å². The van der Waals surface area contributed by atoms with Gasteiger partial charge in [0, 0.05) is 13.2 Å². The van der Waals surface area contributed by atoms with Crippen molar-refractivity contribution in [1.82, 2.24) is 0 Å². The van der Waals surface area contributed by atoms with Crippen LogP contribution < -0.4 is 0 Å². The second-order valence-electron chi connectivity index (χ2n) is 13.1. The molecule has 1 aromatic carbocycles. The molecule has 1 fully saturated rings. The van der Waals surface area contributed by atoms with Gasteiger partial charge in [-0.15, -0.1) is 0 Å². The van der Waals surface area contributed by atoms with E-state index in [0.717, 1.165) is 26.1 Å². The molecule has 0 bridgehead atoms. The third kappa shape index (κ3) is 20.6. The van der Waals surface area contributed by atoms with Gasteiger partial charge in [0.25, 0.3) is 0 Å². The Labute approximate surface area is 255 Å². The average molecular weight is 575 g/mol. The summed E-state index contributed by atoms with van der Waals surface area (Å²) in [6.07, 6.45) is 27.4. The van der Waals surface area contributed by atoms with Crippen molar-refractivity contribution in [2.45, 2.75) is 148 Å².